The van der Waals surface area contributed by atoms with E-state index in [-0.39, 0.29) is 79.3 Å². The molecule has 0 atom stereocenters. The Hall–Kier alpha value is -4.96. The summed E-state index contributed by atoms with van der Waals surface area (Å²) in [6.07, 6.45) is 0.875. The van der Waals surface area contributed by atoms with Crippen LogP contribution in [0.2, 0.25) is 0 Å². The summed E-state index contributed by atoms with van der Waals surface area (Å²) >= 11 is 0. The molecular formula is C39H46O14. The van der Waals surface area contributed by atoms with Crippen molar-refractivity contribution in [3.63, 3.8) is 0 Å². The van der Waals surface area contributed by atoms with Crippen molar-refractivity contribution in [2.45, 2.75) is 13.3 Å². The van der Waals surface area contributed by atoms with Gasteiger partial charge in [-0.15, -0.1) is 0 Å². The summed E-state index contributed by atoms with van der Waals surface area (Å²) in [6, 6.07) is 19.9. The standard InChI is InChI=1S/C36H38O13.C3H8O/c37-9-11-43-13-17-46-33(39)29-5-1-27-23-31(7-3-25(27)21-29)35(41)48-19-15-45-16-20-49-36(42)32-8-4-26-22-30(6-2-28(26)24-32)34(40)47-18-14-44-12-10-38;1-2-3-4/h1-8,21-24,37-38H,9-20H2;4H,2-3H2,1H3. The Balaban J connectivity index is 0.00000180. The average Bonchev–Trinajstić information content (AvgIpc) is 3.19. The molecule has 0 aliphatic rings. The predicted molar refractivity (Wildman–Crippen MR) is 193 cm³/mol. The van der Waals surface area contributed by atoms with Gasteiger partial charge in [0.05, 0.1) is 75.1 Å². The van der Waals surface area contributed by atoms with Gasteiger partial charge >= 0.3 is 23.9 Å². The second kappa shape index (κ2) is 24.3. The normalized spacial score (nSPS) is 10.7. The number of carbonyl (C=O) groups excluding carboxylic acids is 4. The summed E-state index contributed by atoms with van der Waals surface area (Å²) < 4.78 is 36.5. The monoisotopic (exact) mass is 738 g/mol. The molecular weight excluding hydrogens is 692 g/mol. The van der Waals surface area contributed by atoms with Crippen LogP contribution in [-0.2, 0) is 33.2 Å². The first-order chi connectivity index (χ1) is 25.8. The zero-order chi connectivity index (χ0) is 38.3. The van der Waals surface area contributed by atoms with Gasteiger partial charge in [0.2, 0.25) is 0 Å². The Labute approximate surface area is 307 Å². The first-order valence-corrected chi connectivity index (χ1v) is 17.1. The van der Waals surface area contributed by atoms with Crippen LogP contribution in [0.1, 0.15) is 54.8 Å². The topological polar surface area (TPSA) is 194 Å². The van der Waals surface area contributed by atoms with Crippen molar-refractivity contribution in [2.24, 2.45) is 0 Å². The van der Waals surface area contributed by atoms with Crippen molar-refractivity contribution < 1.29 is 67.7 Å². The van der Waals surface area contributed by atoms with Gasteiger partial charge in [0.25, 0.3) is 0 Å². The van der Waals surface area contributed by atoms with E-state index in [9.17, 15) is 19.2 Å². The molecule has 286 valence electrons. The molecule has 0 heterocycles. The van der Waals surface area contributed by atoms with Crippen LogP contribution in [0, 0.1) is 0 Å². The number of carbonyl (C=O) groups is 4. The highest BCUT2D eigenvalue weighted by Crippen LogP contribution is 2.21. The van der Waals surface area contributed by atoms with E-state index < -0.39 is 23.9 Å². The number of hydrogen-bond donors (Lipinski definition) is 3. The molecule has 53 heavy (non-hydrogen) atoms. The third-order valence-corrected chi connectivity index (χ3v) is 7.16. The minimum absolute atomic E-state index is 0.00465. The number of hydrogen-bond acceptors (Lipinski definition) is 14. The molecule has 14 nitrogen and oxygen atoms in total. The molecule has 0 saturated carbocycles. The Bertz CT molecular complexity index is 1630. The molecule has 0 radical (unpaired) electrons. The molecule has 0 spiro atoms. The fourth-order valence-electron chi connectivity index (χ4n) is 4.54. The summed E-state index contributed by atoms with van der Waals surface area (Å²) in [4.78, 5) is 49.6. The van der Waals surface area contributed by atoms with Gasteiger partial charge < -0.3 is 48.5 Å². The number of fused-ring (bicyclic) bond motifs is 2. The molecule has 4 aromatic carbocycles. The van der Waals surface area contributed by atoms with E-state index in [1.165, 1.54) is 0 Å². The molecule has 0 fully saturated rings. The number of esters is 4. The number of aliphatic hydroxyl groups is 3. The molecule has 0 unspecified atom stereocenters. The Morgan fingerprint density at radius 2 is 0.642 bits per heavy atom. The van der Waals surface area contributed by atoms with Crippen molar-refractivity contribution in [2.75, 3.05) is 85.9 Å². The lowest BCUT2D eigenvalue weighted by Crippen LogP contribution is -2.15. The molecule has 0 amide bonds. The molecule has 0 bridgehead atoms. The van der Waals surface area contributed by atoms with Crippen LogP contribution in [-0.4, -0.2) is 125 Å². The van der Waals surface area contributed by atoms with Crippen LogP contribution in [0.5, 0.6) is 0 Å². The third-order valence-electron chi connectivity index (χ3n) is 7.16. The smallest absolute Gasteiger partial charge is 0.338 e. The van der Waals surface area contributed by atoms with E-state index in [1.54, 1.807) is 72.8 Å². The Kier molecular flexibility index (Phi) is 19.5. The van der Waals surface area contributed by atoms with E-state index in [1.807, 2.05) is 6.92 Å². The van der Waals surface area contributed by atoms with E-state index in [0.29, 0.717) is 28.9 Å². The highest BCUT2D eigenvalue weighted by Gasteiger charge is 2.13. The molecule has 4 aromatic rings. The molecule has 0 saturated heterocycles. The fraction of sp³-hybridized carbons (Fsp3) is 0.385. The summed E-state index contributed by atoms with van der Waals surface area (Å²) in [5, 5.41) is 28.2. The van der Waals surface area contributed by atoms with Crippen molar-refractivity contribution in [3.8, 4) is 0 Å². The number of benzene rings is 4. The first kappa shape index (κ1) is 42.5. The maximum atomic E-state index is 12.5. The zero-order valence-electron chi connectivity index (χ0n) is 29.7. The van der Waals surface area contributed by atoms with Gasteiger partial charge in [0.15, 0.2) is 0 Å². The minimum atomic E-state index is -0.535. The van der Waals surface area contributed by atoms with Crippen molar-refractivity contribution in [1.29, 1.82) is 0 Å². The molecule has 0 aromatic heterocycles. The van der Waals surface area contributed by atoms with Gasteiger partial charge in [-0.25, -0.2) is 19.2 Å². The van der Waals surface area contributed by atoms with Crippen molar-refractivity contribution >= 4 is 45.4 Å². The van der Waals surface area contributed by atoms with Crippen LogP contribution in [0.15, 0.2) is 72.8 Å². The predicted octanol–water partition coefficient (Wildman–Crippen LogP) is 3.74. The van der Waals surface area contributed by atoms with Crippen LogP contribution in [0.3, 0.4) is 0 Å². The molecule has 14 heteroatoms. The summed E-state index contributed by atoms with van der Waals surface area (Å²) in [5.41, 5.74) is 1.40. The number of rotatable bonds is 21. The lowest BCUT2D eigenvalue weighted by molar-refractivity contribution is 0.0150. The maximum absolute atomic E-state index is 12.5. The summed E-state index contributed by atoms with van der Waals surface area (Å²) in [5.74, 6) is -2.08. The summed E-state index contributed by atoms with van der Waals surface area (Å²) in [6.45, 7) is 3.10. The van der Waals surface area contributed by atoms with Gasteiger partial charge in [-0.3, -0.25) is 0 Å². The average molecular weight is 739 g/mol. The zero-order valence-corrected chi connectivity index (χ0v) is 29.7. The van der Waals surface area contributed by atoms with Crippen LogP contribution < -0.4 is 0 Å². The van der Waals surface area contributed by atoms with Crippen LogP contribution in [0.25, 0.3) is 21.5 Å². The van der Waals surface area contributed by atoms with E-state index >= 15 is 0 Å². The quantitative estimate of drug-likeness (QED) is 0.0636. The third kappa shape index (κ3) is 14.9. The minimum Gasteiger partial charge on any atom is -0.460 e. The molecule has 0 aliphatic heterocycles. The van der Waals surface area contributed by atoms with Gasteiger partial charge in [0, 0.05) is 6.61 Å². The van der Waals surface area contributed by atoms with Gasteiger partial charge in [-0.1, -0.05) is 31.2 Å². The first-order valence-electron chi connectivity index (χ1n) is 17.1. The molecule has 0 aliphatic carbocycles. The number of aliphatic hydroxyl groups excluding tert-OH is 3. The largest absolute Gasteiger partial charge is 0.460 e. The lowest BCUT2D eigenvalue weighted by atomic mass is 10.0. The van der Waals surface area contributed by atoms with E-state index in [2.05, 4.69) is 0 Å². The fourth-order valence-corrected chi connectivity index (χ4v) is 4.54. The maximum Gasteiger partial charge on any atom is 0.338 e. The molecule has 3 N–H and O–H groups in total. The van der Waals surface area contributed by atoms with E-state index in [4.69, 9.17) is 48.5 Å². The second-order valence-corrected chi connectivity index (χ2v) is 11.1. The van der Waals surface area contributed by atoms with Crippen molar-refractivity contribution in [1.82, 2.24) is 0 Å². The van der Waals surface area contributed by atoms with Crippen LogP contribution in [0.4, 0.5) is 0 Å². The summed E-state index contributed by atoms with van der Waals surface area (Å²) in [7, 11) is 0. The van der Waals surface area contributed by atoms with Crippen molar-refractivity contribution in [3.05, 3.63) is 95.1 Å². The SMILES string of the molecule is CCCO.O=C(OCCOCCO)c1ccc2cc(C(=O)OCCOCCOC(=O)c3ccc4cc(C(=O)OCCOCCO)ccc4c3)ccc2c1. The van der Waals surface area contributed by atoms with Gasteiger partial charge in [0.1, 0.15) is 26.4 Å². The highest BCUT2D eigenvalue weighted by atomic mass is 16.6. The highest BCUT2D eigenvalue weighted by molar-refractivity contribution is 6.00. The van der Waals surface area contributed by atoms with E-state index in [0.717, 1.165) is 28.0 Å². The number of ether oxygens (including phenoxy) is 7. The van der Waals surface area contributed by atoms with Crippen LogP contribution >= 0.6 is 0 Å². The Morgan fingerprint density at radius 1 is 0.396 bits per heavy atom. The lowest BCUT2D eigenvalue weighted by Gasteiger charge is -2.09. The van der Waals surface area contributed by atoms with Gasteiger partial charge in [-0.05, 0) is 76.5 Å². The Morgan fingerprint density at radius 3 is 0.868 bits per heavy atom. The van der Waals surface area contributed by atoms with Gasteiger partial charge in [-0.2, -0.15) is 0 Å². The second-order valence-electron chi connectivity index (χ2n) is 11.1. The molecule has 4 rings (SSSR count).